The average Bonchev–Trinajstić information content (AvgIpc) is 3.30. The second kappa shape index (κ2) is 10.5. The number of methoxy groups -OCH3 is 1. The summed E-state index contributed by atoms with van der Waals surface area (Å²) in [6.45, 7) is 5.65. The van der Waals surface area contributed by atoms with Crippen LogP contribution in [0.3, 0.4) is 0 Å². The third-order valence-electron chi connectivity index (χ3n) is 6.98. The first-order valence-corrected chi connectivity index (χ1v) is 12.0. The van der Waals surface area contributed by atoms with Crippen molar-refractivity contribution >= 4 is 5.91 Å². The molecule has 0 bridgehead atoms. The van der Waals surface area contributed by atoms with Gasteiger partial charge in [0.15, 0.2) is 5.60 Å². The van der Waals surface area contributed by atoms with Gasteiger partial charge in [-0.15, -0.1) is 0 Å². The van der Waals surface area contributed by atoms with E-state index in [-0.39, 0.29) is 5.91 Å². The molecular weight excluding hydrogens is 400 g/mol. The van der Waals surface area contributed by atoms with Crippen molar-refractivity contribution in [3.63, 3.8) is 0 Å². The highest BCUT2D eigenvalue weighted by Gasteiger charge is 2.42. The molecule has 1 N–H and O–H groups in total. The van der Waals surface area contributed by atoms with E-state index in [1.165, 1.54) is 19.3 Å². The lowest BCUT2D eigenvalue weighted by Gasteiger charge is -2.34. The zero-order chi connectivity index (χ0) is 22.4. The molecule has 0 spiro atoms. The van der Waals surface area contributed by atoms with Crippen molar-refractivity contribution < 1.29 is 14.3 Å². The number of carbonyl (C=O) groups is 1. The average molecular weight is 437 g/mol. The Hall–Kier alpha value is -2.37. The van der Waals surface area contributed by atoms with Gasteiger partial charge in [0.2, 0.25) is 0 Å². The lowest BCUT2D eigenvalue weighted by atomic mass is 9.89. The molecule has 2 aromatic carbocycles. The van der Waals surface area contributed by atoms with E-state index in [4.69, 9.17) is 9.47 Å². The summed E-state index contributed by atoms with van der Waals surface area (Å²) in [5.74, 6) is 0.878. The van der Waals surface area contributed by atoms with E-state index in [0.717, 1.165) is 48.4 Å². The van der Waals surface area contributed by atoms with Crippen LogP contribution in [0, 0.1) is 0 Å². The fraction of sp³-hybridized carbons (Fsp3) is 0.519. The summed E-state index contributed by atoms with van der Waals surface area (Å²) < 4.78 is 11.7. The zero-order valence-electron chi connectivity index (χ0n) is 19.4. The molecule has 0 radical (unpaired) electrons. The van der Waals surface area contributed by atoms with Crippen LogP contribution in [0.2, 0.25) is 0 Å². The number of ether oxygens (including phenoxy) is 2. The molecule has 2 atom stereocenters. The van der Waals surface area contributed by atoms with Gasteiger partial charge in [-0.2, -0.15) is 0 Å². The molecule has 0 unspecified atom stereocenters. The van der Waals surface area contributed by atoms with E-state index in [1.54, 1.807) is 7.11 Å². The van der Waals surface area contributed by atoms with E-state index in [2.05, 4.69) is 47.5 Å². The van der Waals surface area contributed by atoms with Crippen LogP contribution < -0.4 is 10.1 Å². The van der Waals surface area contributed by atoms with Crippen molar-refractivity contribution in [2.75, 3.05) is 33.4 Å². The predicted octanol–water partition coefficient (Wildman–Crippen LogP) is 4.44. The predicted molar refractivity (Wildman–Crippen MR) is 128 cm³/mol. The third kappa shape index (κ3) is 5.16. The number of hydrogen-bond donors (Lipinski definition) is 1. The van der Waals surface area contributed by atoms with Gasteiger partial charge in [-0.3, -0.25) is 9.69 Å². The second-order valence-electron chi connectivity index (χ2n) is 9.16. The molecule has 0 aromatic heterocycles. The molecule has 2 heterocycles. The number of hydrogen-bond acceptors (Lipinski definition) is 4. The maximum absolute atomic E-state index is 13.3. The highest BCUT2D eigenvalue weighted by Crippen LogP contribution is 2.33. The number of nitrogens with one attached hydrogen (secondary N) is 1. The molecule has 2 aliphatic heterocycles. The van der Waals surface area contributed by atoms with Crippen LogP contribution in [0.5, 0.6) is 5.75 Å². The van der Waals surface area contributed by atoms with Gasteiger partial charge >= 0.3 is 0 Å². The first-order valence-electron chi connectivity index (χ1n) is 12.0. The minimum atomic E-state index is -0.771. The third-order valence-corrected chi connectivity index (χ3v) is 6.98. The van der Waals surface area contributed by atoms with Gasteiger partial charge < -0.3 is 14.8 Å². The van der Waals surface area contributed by atoms with Crippen LogP contribution in [0.25, 0.3) is 11.1 Å². The van der Waals surface area contributed by atoms with E-state index >= 15 is 0 Å². The molecular formula is C27H36N2O3. The number of benzene rings is 2. The number of piperidine rings is 1. The van der Waals surface area contributed by atoms with E-state index in [0.29, 0.717) is 25.6 Å². The SMILES string of the molecule is COc1ccccc1-c1cccc(C[C@]2(C(=O)NCCN3CCCC[C@@H]3C)CCCO2)c1. The van der Waals surface area contributed by atoms with Crippen LogP contribution in [-0.4, -0.2) is 55.8 Å². The lowest BCUT2D eigenvalue weighted by molar-refractivity contribution is -0.141. The zero-order valence-corrected chi connectivity index (χ0v) is 19.4. The Morgan fingerprint density at radius 3 is 2.84 bits per heavy atom. The maximum atomic E-state index is 13.3. The van der Waals surface area contributed by atoms with Crippen molar-refractivity contribution in [2.45, 2.75) is 57.1 Å². The lowest BCUT2D eigenvalue weighted by Crippen LogP contribution is -2.50. The highest BCUT2D eigenvalue weighted by atomic mass is 16.5. The number of amides is 1. The first-order chi connectivity index (χ1) is 15.6. The van der Waals surface area contributed by atoms with Crippen LogP contribution in [0.4, 0.5) is 0 Å². The monoisotopic (exact) mass is 436 g/mol. The van der Waals surface area contributed by atoms with Crippen molar-refractivity contribution in [1.82, 2.24) is 10.2 Å². The minimum Gasteiger partial charge on any atom is -0.496 e. The van der Waals surface area contributed by atoms with Gasteiger partial charge in [0, 0.05) is 37.7 Å². The number of likely N-dealkylation sites (tertiary alicyclic amines) is 1. The van der Waals surface area contributed by atoms with Crippen molar-refractivity contribution in [3.05, 3.63) is 54.1 Å². The highest BCUT2D eigenvalue weighted by molar-refractivity contribution is 5.86. The molecule has 1 amide bonds. The Bertz CT molecular complexity index is 907. The molecule has 0 aliphatic carbocycles. The van der Waals surface area contributed by atoms with Gasteiger partial charge in [0.1, 0.15) is 5.75 Å². The Balaban J connectivity index is 1.44. The van der Waals surface area contributed by atoms with Crippen LogP contribution in [-0.2, 0) is 16.0 Å². The summed E-state index contributed by atoms with van der Waals surface area (Å²) in [5.41, 5.74) is 2.48. The summed E-state index contributed by atoms with van der Waals surface area (Å²) in [5, 5.41) is 3.19. The van der Waals surface area contributed by atoms with Crippen LogP contribution in [0.15, 0.2) is 48.5 Å². The van der Waals surface area contributed by atoms with E-state index < -0.39 is 5.60 Å². The maximum Gasteiger partial charge on any atom is 0.252 e. The fourth-order valence-electron chi connectivity index (χ4n) is 5.12. The summed E-state index contributed by atoms with van der Waals surface area (Å²) in [6.07, 6.45) is 6.09. The van der Waals surface area contributed by atoms with Crippen LogP contribution >= 0.6 is 0 Å². The topological polar surface area (TPSA) is 50.8 Å². The number of carbonyl (C=O) groups excluding carboxylic acids is 1. The van der Waals surface area contributed by atoms with Gasteiger partial charge in [0.25, 0.3) is 5.91 Å². The quantitative estimate of drug-likeness (QED) is 0.665. The fourth-order valence-corrected chi connectivity index (χ4v) is 5.12. The standard InChI is InChI=1S/C27H36N2O3/c1-21-9-5-6-16-29(21)17-15-28-26(30)27(14-8-18-32-27)20-22-10-7-11-23(19-22)24-12-3-4-13-25(24)31-2/h3-4,7,10-13,19,21H,5-6,8-9,14-18,20H2,1-2H3,(H,28,30)/t21-,27-/m0/s1. The van der Waals surface area contributed by atoms with Gasteiger partial charge in [-0.05, 0) is 56.3 Å². The Morgan fingerprint density at radius 2 is 2.06 bits per heavy atom. The van der Waals surface area contributed by atoms with Gasteiger partial charge in [0.05, 0.1) is 7.11 Å². The van der Waals surface area contributed by atoms with Crippen LogP contribution in [0.1, 0.15) is 44.6 Å². The smallest absolute Gasteiger partial charge is 0.252 e. The molecule has 172 valence electrons. The summed E-state index contributed by atoms with van der Waals surface area (Å²) in [6, 6.07) is 17.0. The van der Waals surface area contributed by atoms with E-state index in [1.807, 2.05) is 18.2 Å². The Labute approximate surface area is 192 Å². The van der Waals surface area contributed by atoms with E-state index in [9.17, 15) is 4.79 Å². The number of rotatable bonds is 8. The number of para-hydroxylation sites is 1. The molecule has 0 saturated carbocycles. The summed E-state index contributed by atoms with van der Waals surface area (Å²) in [7, 11) is 1.69. The molecule has 2 aromatic rings. The van der Waals surface area contributed by atoms with Gasteiger partial charge in [-0.25, -0.2) is 0 Å². The minimum absolute atomic E-state index is 0.0300. The molecule has 2 aliphatic rings. The molecule has 32 heavy (non-hydrogen) atoms. The van der Waals surface area contributed by atoms with Gasteiger partial charge in [-0.1, -0.05) is 48.9 Å². The molecule has 2 saturated heterocycles. The normalized spacial score (nSPS) is 23.8. The number of nitrogens with zero attached hydrogens (tertiary/aromatic N) is 1. The molecule has 5 nitrogen and oxygen atoms in total. The second-order valence-corrected chi connectivity index (χ2v) is 9.16. The Morgan fingerprint density at radius 1 is 1.19 bits per heavy atom. The van der Waals surface area contributed by atoms with Crippen molar-refractivity contribution in [2.24, 2.45) is 0 Å². The molecule has 5 heteroatoms. The first kappa shape index (κ1) is 22.8. The Kier molecular flexibility index (Phi) is 7.48. The largest absolute Gasteiger partial charge is 0.496 e. The van der Waals surface area contributed by atoms with Crippen molar-refractivity contribution in [1.29, 1.82) is 0 Å². The molecule has 4 rings (SSSR count). The molecule has 2 fully saturated rings. The van der Waals surface area contributed by atoms with Crippen molar-refractivity contribution in [3.8, 4) is 16.9 Å². The summed E-state index contributed by atoms with van der Waals surface area (Å²) >= 11 is 0. The summed E-state index contributed by atoms with van der Waals surface area (Å²) in [4.78, 5) is 15.8.